The van der Waals surface area contributed by atoms with Crippen LogP contribution in [0.2, 0.25) is 0 Å². The Morgan fingerprint density at radius 2 is 1.77 bits per heavy atom. The minimum absolute atomic E-state index is 0.299. The van der Waals surface area contributed by atoms with Crippen molar-refractivity contribution in [1.82, 2.24) is 9.88 Å². The highest BCUT2D eigenvalue weighted by molar-refractivity contribution is 7.98. The number of rotatable bonds is 6. The van der Waals surface area contributed by atoms with Crippen LogP contribution in [0, 0.1) is 0 Å². The van der Waals surface area contributed by atoms with E-state index in [0.29, 0.717) is 12.2 Å². The minimum Gasteiger partial charge on any atom is -0.462 e. The van der Waals surface area contributed by atoms with Crippen LogP contribution in [0.25, 0.3) is 5.57 Å². The molecule has 0 atom stereocenters. The second kappa shape index (κ2) is 11.1. The Kier molecular flexibility index (Phi) is 7.50. The van der Waals surface area contributed by atoms with Gasteiger partial charge in [0.15, 0.2) is 0 Å². The van der Waals surface area contributed by atoms with Crippen molar-refractivity contribution in [1.29, 1.82) is 0 Å². The number of thioether (sulfide) groups is 1. The summed E-state index contributed by atoms with van der Waals surface area (Å²) in [6.45, 7) is 6.81. The maximum absolute atomic E-state index is 12.4. The summed E-state index contributed by atoms with van der Waals surface area (Å²) in [4.78, 5) is 22.9. The Hall–Kier alpha value is -3.09. The number of hydrogen-bond acceptors (Lipinski definition) is 6. The molecular weight excluding hydrogens is 454 g/mol. The van der Waals surface area contributed by atoms with E-state index in [-0.39, 0.29) is 5.97 Å². The molecule has 0 saturated carbocycles. The number of piperazine rings is 1. The molecule has 5 nitrogen and oxygen atoms in total. The molecule has 180 valence electrons. The SMILES string of the molecule is CCOC(=O)c1cccnc1N1CCN(CCC=C2c3ccccc3CSc3ccccc32)CC1. The number of carbonyl (C=O) groups is 1. The van der Waals surface area contributed by atoms with Gasteiger partial charge in [-0.05, 0) is 53.8 Å². The second-order valence-electron chi connectivity index (χ2n) is 8.77. The van der Waals surface area contributed by atoms with E-state index < -0.39 is 0 Å². The molecule has 3 aromatic rings. The zero-order valence-electron chi connectivity index (χ0n) is 20.2. The van der Waals surface area contributed by atoms with Gasteiger partial charge >= 0.3 is 5.97 Å². The predicted octanol–water partition coefficient (Wildman–Crippen LogP) is 5.51. The van der Waals surface area contributed by atoms with Crippen molar-refractivity contribution in [3.63, 3.8) is 0 Å². The largest absolute Gasteiger partial charge is 0.462 e. The molecule has 2 aliphatic rings. The number of carbonyl (C=O) groups excluding carboxylic acids is 1. The summed E-state index contributed by atoms with van der Waals surface area (Å²) < 4.78 is 5.23. The van der Waals surface area contributed by atoms with Gasteiger partial charge in [-0.25, -0.2) is 9.78 Å². The van der Waals surface area contributed by atoms with Gasteiger partial charge in [-0.1, -0.05) is 48.5 Å². The summed E-state index contributed by atoms with van der Waals surface area (Å²) in [5, 5.41) is 0. The van der Waals surface area contributed by atoms with Crippen LogP contribution in [0.4, 0.5) is 5.82 Å². The molecule has 0 spiro atoms. The molecule has 5 rings (SSSR count). The zero-order valence-corrected chi connectivity index (χ0v) is 21.0. The highest BCUT2D eigenvalue weighted by Gasteiger charge is 2.23. The second-order valence-corrected chi connectivity index (χ2v) is 9.79. The van der Waals surface area contributed by atoms with E-state index in [1.54, 1.807) is 18.3 Å². The van der Waals surface area contributed by atoms with Gasteiger partial charge in [-0.3, -0.25) is 4.90 Å². The standard InChI is InChI=1S/C29H31N3O2S/c1-2-34-29(33)26-12-7-15-30-28(26)32-19-17-31(18-20-32)16-8-13-24-23-10-4-3-9-22(23)21-35-27-14-6-5-11-25(24)27/h3-7,9-15H,2,8,16-21H2,1H3. The van der Waals surface area contributed by atoms with E-state index in [4.69, 9.17) is 4.74 Å². The van der Waals surface area contributed by atoms with Gasteiger partial charge in [0.25, 0.3) is 0 Å². The molecule has 1 fully saturated rings. The van der Waals surface area contributed by atoms with Crippen molar-refractivity contribution in [3.8, 4) is 0 Å². The van der Waals surface area contributed by atoms with Crippen LogP contribution in [-0.2, 0) is 10.5 Å². The fraction of sp³-hybridized carbons (Fsp3) is 0.310. The molecule has 3 heterocycles. The highest BCUT2D eigenvalue weighted by atomic mass is 32.2. The Labute approximate surface area is 211 Å². The summed E-state index contributed by atoms with van der Waals surface area (Å²) in [6.07, 6.45) is 5.17. The molecule has 6 heteroatoms. The molecule has 0 unspecified atom stereocenters. The molecule has 0 bridgehead atoms. The lowest BCUT2D eigenvalue weighted by Gasteiger charge is -2.35. The van der Waals surface area contributed by atoms with Crippen LogP contribution in [0.15, 0.2) is 77.8 Å². The quantitative estimate of drug-likeness (QED) is 0.429. The number of esters is 1. The van der Waals surface area contributed by atoms with E-state index >= 15 is 0 Å². The highest BCUT2D eigenvalue weighted by Crippen LogP contribution is 2.40. The lowest BCUT2D eigenvalue weighted by Crippen LogP contribution is -2.47. The molecule has 1 aromatic heterocycles. The smallest absolute Gasteiger partial charge is 0.341 e. The third-order valence-corrected chi connectivity index (χ3v) is 7.74. The van der Waals surface area contributed by atoms with Crippen molar-refractivity contribution >= 4 is 29.1 Å². The van der Waals surface area contributed by atoms with Gasteiger partial charge in [0, 0.05) is 49.6 Å². The van der Waals surface area contributed by atoms with E-state index in [9.17, 15) is 4.79 Å². The summed E-state index contributed by atoms with van der Waals surface area (Å²) in [5.74, 6) is 1.44. The van der Waals surface area contributed by atoms with Gasteiger partial charge in [0.05, 0.1) is 6.61 Å². The predicted molar refractivity (Wildman–Crippen MR) is 143 cm³/mol. The minimum atomic E-state index is -0.299. The first-order chi connectivity index (χ1) is 17.2. The number of nitrogens with zero attached hydrogens (tertiary/aromatic N) is 3. The van der Waals surface area contributed by atoms with Crippen molar-refractivity contribution in [2.24, 2.45) is 0 Å². The molecule has 2 aliphatic heterocycles. The summed E-state index contributed by atoms with van der Waals surface area (Å²) in [7, 11) is 0. The maximum Gasteiger partial charge on any atom is 0.341 e. The molecule has 0 aliphatic carbocycles. The first kappa shape index (κ1) is 23.6. The number of pyridine rings is 1. The number of aromatic nitrogens is 1. The van der Waals surface area contributed by atoms with Gasteiger partial charge in [0.1, 0.15) is 11.4 Å². The maximum atomic E-state index is 12.4. The van der Waals surface area contributed by atoms with Crippen molar-refractivity contribution in [3.05, 3.63) is 95.2 Å². The fourth-order valence-electron chi connectivity index (χ4n) is 4.84. The number of fused-ring (bicyclic) bond motifs is 2. The number of benzene rings is 2. The van der Waals surface area contributed by atoms with Crippen LogP contribution in [-0.4, -0.2) is 55.2 Å². The lowest BCUT2D eigenvalue weighted by molar-refractivity contribution is 0.0526. The van der Waals surface area contributed by atoms with Crippen molar-refractivity contribution in [2.75, 3.05) is 44.2 Å². The summed E-state index contributed by atoms with van der Waals surface area (Å²) >= 11 is 1.93. The fourth-order valence-corrected chi connectivity index (χ4v) is 5.91. The number of hydrogen-bond donors (Lipinski definition) is 0. The summed E-state index contributed by atoms with van der Waals surface area (Å²) in [5.41, 5.74) is 6.01. The Balaban J connectivity index is 1.25. The molecule has 2 aromatic carbocycles. The lowest BCUT2D eigenvalue weighted by atomic mass is 9.93. The molecule has 0 amide bonds. The number of anilines is 1. The van der Waals surface area contributed by atoms with Gasteiger partial charge in [-0.15, -0.1) is 11.8 Å². The van der Waals surface area contributed by atoms with E-state index in [1.807, 2.05) is 18.7 Å². The average Bonchev–Trinajstić information content (AvgIpc) is 3.06. The molecular formula is C29H31N3O2S. The molecule has 0 N–H and O–H groups in total. The molecule has 35 heavy (non-hydrogen) atoms. The Morgan fingerprint density at radius 3 is 2.60 bits per heavy atom. The third kappa shape index (κ3) is 5.29. The normalized spacial score (nSPS) is 16.9. The van der Waals surface area contributed by atoms with Gasteiger partial charge < -0.3 is 9.64 Å². The number of ether oxygens (including phenoxy) is 1. The average molecular weight is 486 g/mol. The summed E-state index contributed by atoms with van der Waals surface area (Å²) in [6, 6.07) is 21.2. The van der Waals surface area contributed by atoms with E-state index in [1.165, 1.54) is 27.2 Å². The van der Waals surface area contributed by atoms with E-state index in [0.717, 1.165) is 50.7 Å². The first-order valence-electron chi connectivity index (χ1n) is 12.3. The zero-order chi connectivity index (χ0) is 24.0. The first-order valence-corrected chi connectivity index (χ1v) is 13.3. The van der Waals surface area contributed by atoms with Gasteiger partial charge in [-0.2, -0.15) is 0 Å². The van der Waals surface area contributed by atoms with Crippen LogP contribution in [0.5, 0.6) is 0 Å². The Bertz CT molecular complexity index is 1170. The van der Waals surface area contributed by atoms with Crippen LogP contribution in [0.3, 0.4) is 0 Å². The van der Waals surface area contributed by atoms with Crippen LogP contribution < -0.4 is 4.90 Å². The topological polar surface area (TPSA) is 45.7 Å². The third-order valence-electron chi connectivity index (χ3n) is 6.62. The van der Waals surface area contributed by atoms with Crippen LogP contribution in [0.1, 0.15) is 40.4 Å². The molecule has 0 radical (unpaired) electrons. The molecule has 1 saturated heterocycles. The van der Waals surface area contributed by atoms with Gasteiger partial charge in [0.2, 0.25) is 0 Å². The monoisotopic (exact) mass is 485 g/mol. The van der Waals surface area contributed by atoms with Crippen molar-refractivity contribution in [2.45, 2.75) is 24.0 Å². The Morgan fingerprint density at radius 1 is 1.00 bits per heavy atom. The van der Waals surface area contributed by atoms with E-state index in [2.05, 4.69) is 69.4 Å². The van der Waals surface area contributed by atoms with Crippen molar-refractivity contribution < 1.29 is 9.53 Å². The van der Waals surface area contributed by atoms with Crippen LogP contribution >= 0.6 is 11.8 Å².